The number of rotatable bonds is 3. The average Bonchev–Trinajstić information content (AvgIpc) is 3.20. The van der Waals surface area contributed by atoms with Gasteiger partial charge in [-0.2, -0.15) is 0 Å². The van der Waals surface area contributed by atoms with Crippen LogP contribution in [0.5, 0.6) is 0 Å². The Morgan fingerprint density at radius 2 is 2.15 bits per heavy atom. The Bertz CT molecular complexity index is 927. The van der Waals surface area contributed by atoms with E-state index >= 15 is 0 Å². The van der Waals surface area contributed by atoms with Gasteiger partial charge in [0.2, 0.25) is 0 Å². The minimum atomic E-state index is -0.767. The number of nitrogens with zero attached hydrogens (tertiary/aromatic N) is 4. The topological polar surface area (TPSA) is 57.7 Å². The van der Waals surface area contributed by atoms with Gasteiger partial charge in [0, 0.05) is 24.5 Å². The maximum Gasteiger partial charge on any atom is 0.156 e. The van der Waals surface area contributed by atoms with E-state index in [2.05, 4.69) is 35.7 Å². The van der Waals surface area contributed by atoms with E-state index in [-0.39, 0.29) is 5.41 Å². The van der Waals surface area contributed by atoms with Crippen LogP contribution in [0.15, 0.2) is 30.7 Å². The summed E-state index contributed by atoms with van der Waals surface area (Å²) in [7, 11) is 0. The third-order valence-electron chi connectivity index (χ3n) is 4.68. The molecule has 3 aromatic rings. The van der Waals surface area contributed by atoms with Crippen LogP contribution in [0.3, 0.4) is 0 Å². The largest absolute Gasteiger partial charge is 0.354 e. The van der Waals surface area contributed by atoms with Crippen LogP contribution in [-0.4, -0.2) is 39.2 Å². The first-order chi connectivity index (χ1) is 12.4. The summed E-state index contributed by atoms with van der Waals surface area (Å²) in [6.07, 6.45) is 6.27. The van der Waals surface area contributed by atoms with Crippen LogP contribution in [0.25, 0.3) is 22.4 Å². The van der Waals surface area contributed by atoms with Gasteiger partial charge < -0.3 is 9.88 Å². The number of hydrogen-bond donors (Lipinski definition) is 1. The molecule has 1 atom stereocenters. The van der Waals surface area contributed by atoms with E-state index in [4.69, 9.17) is 4.98 Å². The molecule has 3 aromatic heterocycles. The number of halogens is 1. The molecule has 0 radical (unpaired) electrons. The lowest BCUT2D eigenvalue weighted by atomic mass is 9.89. The Balaban J connectivity index is 1.69. The zero-order valence-corrected chi connectivity index (χ0v) is 15.5. The van der Waals surface area contributed by atoms with Gasteiger partial charge in [0.25, 0.3) is 0 Å². The first-order valence-electron chi connectivity index (χ1n) is 9.07. The van der Waals surface area contributed by atoms with Crippen molar-refractivity contribution in [1.82, 2.24) is 19.9 Å². The molecule has 26 heavy (non-hydrogen) atoms. The van der Waals surface area contributed by atoms with Crippen molar-refractivity contribution in [3.8, 4) is 11.3 Å². The summed E-state index contributed by atoms with van der Waals surface area (Å²) >= 11 is 0. The molecule has 1 aliphatic heterocycles. The maximum atomic E-state index is 13.5. The van der Waals surface area contributed by atoms with Crippen molar-refractivity contribution in [2.75, 3.05) is 18.0 Å². The Kier molecular flexibility index (Phi) is 4.13. The molecule has 0 saturated carbocycles. The third-order valence-corrected chi connectivity index (χ3v) is 4.68. The van der Waals surface area contributed by atoms with Crippen LogP contribution in [0, 0.1) is 5.41 Å². The number of aromatic amines is 1. The second kappa shape index (κ2) is 6.34. The number of fused-ring (bicyclic) bond motifs is 1. The van der Waals surface area contributed by atoms with Crippen LogP contribution in [0.2, 0.25) is 0 Å². The minimum absolute atomic E-state index is 0.176. The monoisotopic (exact) mass is 353 g/mol. The molecule has 0 amide bonds. The Labute approximate surface area is 152 Å². The lowest BCUT2D eigenvalue weighted by molar-refractivity contribution is 0.364. The van der Waals surface area contributed by atoms with Gasteiger partial charge in [-0.3, -0.25) is 0 Å². The van der Waals surface area contributed by atoms with Crippen LogP contribution < -0.4 is 4.90 Å². The van der Waals surface area contributed by atoms with Crippen molar-refractivity contribution < 1.29 is 4.39 Å². The Morgan fingerprint density at radius 1 is 1.31 bits per heavy atom. The van der Waals surface area contributed by atoms with Crippen LogP contribution >= 0.6 is 0 Å². The maximum absolute atomic E-state index is 13.5. The Morgan fingerprint density at radius 3 is 2.88 bits per heavy atom. The van der Waals surface area contributed by atoms with E-state index in [0.29, 0.717) is 19.5 Å². The summed E-state index contributed by atoms with van der Waals surface area (Å²) in [6, 6.07) is 3.91. The number of nitrogens with one attached hydrogen (secondary N) is 1. The van der Waals surface area contributed by atoms with Gasteiger partial charge in [-0.05, 0) is 36.0 Å². The van der Waals surface area contributed by atoms with E-state index in [0.717, 1.165) is 34.7 Å². The van der Waals surface area contributed by atoms with E-state index < -0.39 is 6.17 Å². The fourth-order valence-corrected chi connectivity index (χ4v) is 3.46. The average molecular weight is 353 g/mol. The van der Waals surface area contributed by atoms with Crippen molar-refractivity contribution in [1.29, 1.82) is 0 Å². The quantitative estimate of drug-likeness (QED) is 0.768. The summed E-state index contributed by atoms with van der Waals surface area (Å²) in [5, 5.41) is 0. The first kappa shape index (κ1) is 16.9. The number of alkyl halides is 1. The van der Waals surface area contributed by atoms with Gasteiger partial charge in [-0.1, -0.05) is 20.8 Å². The van der Waals surface area contributed by atoms with Crippen LogP contribution in [0.1, 0.15) is 32.8 Å². The lowest BCUT2D eigenvalue weighted by Gasteiger charge is -2.17. The van der Waals surface area contributed by atoms with Crippen molar-refractivity contribution in [2.24, 2.45) is 5.41 Å². The standard InChI is InChI=1S/C20H24FN5/c1-20(2,3)9-14-10-23-19-18(14)25-16(11-24-19)13-4-6-22-17(8-13)26-7-5-15(21)12-26/h4,6,8,10-11,15H,5,7,9,12H2,1-3H3,(H,23,24)/t15-/m0/s1. The van der Waals surface area contributed by atoms with Crippen molar-refractivity contribution in [2.45, 2.75) is 39.8 Å². The molecular formula is C20H24FN5. The summed E-state index contributed by atoms with van der Waals surface area (Å²) in [4.78, 5) is 19.0. The SMILES string of the molecule is CC(C)(C)Cc1c[nH]c2ncc(-c3ccnc(N4CC[C@H](F)C4)c3)nc12. The highest BCUT2D eigenvalue weighted by Crippen LogP contribution is 2.28. The number of H-pyrrole nitrogens is 1. The van der Waals surface area contributed by atoms with Crippen molar-refractivity contribution >= 4 is 17.0 Å². The molecule has 136 valence electrons. The number of pyridine rings is 1. The summed E-state index contributed by atoms with van der Waals surface area (Å²) in [5.74, 6) is 0.800. The Hall–Kier alpha value is -2.50. The molecule has 1 fully saturated rings. The molecule has 6 heteroatoms. The molecule has 1 N–H and O–H groups in total. The number of aromatic nitrogens is 4. The van der Waals surface area contributed by atoms with E-state index in [1.165, 1.54) is 5.56 Å². The zero-order valence-electron chi connectivity index (χ0n) is 15.5. The molecule has 0 spiro atoms. The second-order valence-corrected chi connectivity index (χ2v) is 8.24. The highest BCUT2D eigenvalue weighted by atomic mass is 19.1. The molecule has 1 saturated heterocycles. The fraction of sp³-hybridized carbons (Fsp3) is 0.450. The predicted molar refractivity (Wildman–Crippen MR) is 102 cm³/mol. The molecule has 0 aromatic carbocycles. The molecule has 1 aliphatic rings. The number of hydrogen-bond acceptors (Lipinski definition) is 4. The van der Waals surface area contributed by atoms with Crippen LogP contribution in [-0.2, 0) is 6.42 Å². The van der Waals surface area contributed by atoms with E-state index in [9.17, 15) is 4.39 Å². The molecule has 5 nitrogen and oxygen atoms in total. The van der Waals surface area contributed by atoms with Crippen LogP contribution in [0.4, 0.5) is 10.2 Å². The highest BCUT2D eigenvalue weighted by molar-refractivity contribution is 5.78. The minimum Gasteiger partial charge on any atom is -0.354 e. The molecule has 0 aliphatic carbocycles. The summed E-state index contributed by atoms with van der Waals surface area (Å²) in [5.41, 5.74) is 4.84. The van der Waals surface area contributed by atoms with Crippen molar-refractivity contribution in [3.63, 3.8) is 0 Å². The predicted octanol–water partition coefficient (Wildman–Crippen LogP) is 4.16. The zero-order chi connectivity index (χ0) is 18.3. The smallest absolute Gasteiger partial charge is 0.156 e. The molecule has 4 rings (SSSR count). The van der Waals surface area contributed by atoms with E-state index in [1.807, 2.05) is 23.2 Å². The molecular weight excluding hydrogens is 329 g/mol. The normalized spacial score (nSPS) is 18.0. The lowest BCUT2D eigenvalue weighted by Crippen LogP contribution is -2.20. The first-order valence-corrected chi connectivity index (χ1v) is 9.07. The summed E-state index contributed by atoms with van der Waals surface area (Å²) in [6.45, 7) is 7.76. The number of anilines is 1. The third kappa shape index (κ3) is 3.41. The highest BCUT2D eigenvalue weighted by Gasteiger charge is 2.23. The van der Waals surface area contributed by atoms with E-state index in [1.54, 1.807) is 12.4 Å². The van der Waals surface area contributed by atoms with Gasteiger partial charge in [0.15, 0.2) is 5.65 Å². The summed E-state index contributed by atoms with van der Waals surface area (Å²) < 4.78 is 13.5. The second-order valence-electron chi connectivity index (χ2n) is 8.24. The van der Waals surface area contributed by atoms with Crippen molar-refractivity contribution in [3.05, 3.63) is 36.3 Å². The fourth-order valence-electron chi connectivity index (χ4n) is 3.46. The molecule has 4 heterocycles. The van der Waals surface area contributed by atoms with Gasteiger partial charge in [0.05, 0.1) is 18.4 Å². The van der Waals surface area contributed by atoms with Gasteiger partial charge in [-0.25, -0.2) is 19.3 Å². The molecule has 0 bridgehead atoms. The van der Waals surface area contributed by atoms with Gasteiger partial charge >= 0.3 is 0 Å². The van der Waals surface area contributed by atoms with Gasteiger partial charge in [-0.15, -0.1) is 0 Å². The van der Waals surface area contributed by atoms with Gasteiger partial charge in [0.1, 0.15) is 17.5 Å². The molecule has 0 unspecified atom stereocenters.